The van der Waals surface area contributed by atoms with Gasteiger partial charge in [0.2, 0.25) is 15.9 Å². The van der Waals surface area contributed by atoms with Gasteiger partial charge in [-0.1, -0.05) is 30.3 Å². The molecule has 168 valence electrons. The molecule has 0 bridgehead atoms. The second kappa shape index (κ2) is 10.5. The van der Waals surface area contributed by atoms with E-state index in [9.17, 15) is 18.0 Å². The van der Waals surface area contributed by atoms with E-state index in [0.29, 0.717) is 22.0 Å². The maximum atomic E-state index is 12.5. The predicted molar refractivity (Wildman–Crippen MR) is 124 cm³/mol. The van der Waals surface area contributed by atoms with Crippen LogP contribution < -0.4 is 15.4 Å². The molecule has 0 radical (unpaired) electrons. The summed E-state index contributed by atoms with van der Waals surface area (Å²) in [5.41, 5.74) is 2.55. The van der Waals surface area contributed by atoms with Crippen molar-refractivity contribution in [3.63, 3.8) is 0 Å². The van der Waals surface area contributed by atoms with Gasteiger partial charge in [0.25, 0.3) is 5.91 Å². The molecule has 2 amide bonds. The first-order valence-corrected chi connectivity index (χ1v) is 12.3. The highest BCUT2D eigenvalue weighted by Gasteiger charge is 2.16. The molecule has 0 fully saturated rings. The maximum Gasteiger partial charge on any atom is 0.257 e. The van der Waals surface area contributed by atoms with E-state index in [1.54, 1.807) is 48.7 Å². The predicted octanol–water partition coefficient (Wildman–Crippen LogP) is 2.65. The highest BCUT2D eigenvalue weighted by Crippen LogP contribution is 2.17. The second-order valence-corrected chi connectivity index (χ2v) is 9.75. The molecule has 0 aliphatic rings. The highest BCUT2D eigenvalue weighted by molar-refractivity contribution is 7.89. The van der Waals surface area contributed by atoms with E-state index in [2.05, 4.69) is 20.3 Å². The molecule has 1 heterocycles. The Morgan fingerprint density at radius 2 is 1.78 bits per heavy atom. The third kappa shape index (κ3) is 6.46. The molecule has 3 rings (SSSR count). The summed E-state index contributed by atoms with van der Waals surface area (Å²) in [7, 11) is -3.65. The lowest BCUT2D eigenvalue weighted by molar-refractivity contribution is -0.120. The summed E-state index contributed by atoms with van der Waals surface area (Å²) in [6.07, 6.45) is 0.0292. The third-order valence-corrected chi connectivity index (χ3v) is 6.93. The lowest BCUT2D eigenvalue weighted by Gasteiger charge is -2.10. The number of thiazole rings is 1. The summed E-state index contributed by atoms with van der Waals surface area (Å²) >= 11 is 1.23. The number of aromatic nitrogens is 1. The number of nitrogens with one attached hydrogen (secondary N) is 3. The average Bonchev–Trinajstić information content (AvgIpc) is 3.20. The van der Waals surface area contributed by atoms with Crippen molar-refractivity contribution in [2.45, 2.75) is 25.2 Å². The van der Waals surface area contributed by atoms with Crippen LogP contribution >= 0.6 is 11.3 Å². The summed E-state index contributed by atoms with van der Waals surface area (Å²) in [4.78, 5) is 28.8. The summed E-state index contributed by atoms with van der Waals surface area (Å²) in [5.74, 6) is -0.561. The topological polar surface area (TPSA) is 117 Å². The zero-order valence-electron chi connectivity index (χ0n) is 17.7. The fourth-order valence-electron chi connectivity index (χ4n) is 2.89. The van der Waals surface area contributed by atoms with Gasteiger partial charge < -0.3 is 5.32 Å². The molecule has 0 aliphatic carbocycles. The van der Waals surface area contributed by atoms with Crippen LogP contribution in [0.15, 0.2) is 58.8 Å². The molecule has 0 spiro atoms. The number of carbonyl (C=O) groups is 2. The number of amides is 2. The minimum Gasteiger partial charge on any atom is -0.354 e. The number of aryl methyl sites for hydroxylation is 2. The van der Waals surface area contributed by atoms with Gasteiger partial charge in [-0.05, 0) is 43.2 Å². The Bertz CT molecular complexity index is 1210. The van der Waals surface area contributed by atoms with Gasteiger partial charge in [-0.2, -0.15) is 0 Å². The molecule has 8 nitrogen and oxygen atoms in total. The van der Waals surface area contributed by atoms with Crippen LogP contribution in [0.5, 0.6) is 0 Å². The molecule has 32 heavy (non-hydrogen) atoms. The summed E-state index contributed by atoms with van der Waals surface area (Å²) in [5, 5.41) is 7.48. The number of rotatable bonds is 9. The van der Waals surface area contributed by atoms with E-state index < -0.39 is 10.0 Å². The Hall–Kier alpha value is -3.08. The number of hydrogen-bond donors (Lipinski definition) is 3. The third-order valence-electron chi connectivity index (χ3n) is 4.52. The Labute approximate surface area is 191 Å². The van der Waals surface area contributed by atoms with Crippen molar-refractivity contribution >= 4 is 38.3 Å². The highest BCUT2D eigenvalue weighted by atomic mass is 32.2. The zero-order valence-corrected chi connectivity index (χ0v) is 19.3. The van der Waals surface area contributed by atoms with E-state index in [1.807, 2.05) is 19.1 Å². The molecule has 0 aliphatic heterocycles. The molecule has 1 aromatic heterocycles. The van der Waals surface area contributed by atoms with Crippen molar-refractivity contribution < 1.29 is 18.0 Å². The van der Waals surface area contributed by atoms with Crippen molar-refractivity contribution in [3.8, 4) is 0 Å². The average molecular weight is 473 g/mol. The Balaban J connectivity index is 1.44. The van der Waals surface area contributed by atoms with Gasteiger partial charge in [-0.3, -0.25) is 14.9 Å². The number of sulfonamides is 1. The lowest BCUT2D eigenvalue weighted by Crippen LogP contribution is -2.35. The fourth-order valence-corrected chi connectivity index (χ4v) is 4.96. The molecular formula is C22H24N4O4S2. The first-order chi connectivity index (χ1) is 15.2. The minimum absolute atomic E-state index is 0.0292. The van der Waals surface area contributed by atoms with Crippen LogP contribution in [0.4, 0.5) is 5.13 Å². The smallest absolute Gasteiger partial charge is 0.257 e. The van der Waals surface area contributed by atoms with E-state index in [-0.39, 0.29) is 36.2 Å². The van der Waals surface area contributed by atoms with Crippen LogP contribution in [-0.2, 0) is 21.2 Å². The van der Waals surface area contributed by atoms with Crippen LogP contribution in [0, 0.1) is 13.8 Å². The SMILES string of the molecule is Cc1ccc(C)c(S(=O)(=O)NCCNC(=O)Cc2csc(NC(=O)c3ccccc3)n2)c1. The van der Waals surface area contributed by atoms with Crippen LogP contribution in [0.1, 0.15) is 27.2 Å². The largest absolute Gasteiger partial charge is 0.354 e. The monoisotopic (exact) mass is 472 g/mol. The summed E-state index contributed by atoms with van der Waals surface area (Å²) in [6, 6.07) is 14.0. The normalized spacial score (nSPS) is 11.2. The summed E-state index contributed by atoms with van der Waals surface area (Å²) in [6.45, 7) is 3.78. The number of anilines is 1. The van der Waals surface area contributed by atoms with E-state index in [4.69, 9.17) is 0 Å². The molecule has 3 aromatic rings. The number of nitrogens with zero attached hydrogens (tertiary/aromatic N) is 1. The van der Waals surface area contributed by atoms with Crippen molar-refractivity contribution in [3.05, 3.63) is 76.3 Å². The first-order valence-electron chi connectivity index (χ1n) is 9.89. The van der Waals surface area contributed by atoms with Crippen molar-refractivity contribution in [2.24, 2.45) is 0 Å². The minimum atomic E-state index is -3.65. The second-order valence-electron chi connectivity index (χ2n) is 7.16. The molecule has 3 N–H and O–H groups in total. The van der Waals surface area contributed by atoms with Crippen LogP contribution in [0.25, 0.3) is 0 Å². The number of carbonyl (C=O) groups excluding carboxylic acids is 2. The number of hydrogen-bond acceptors (Lipinski definition) is 6. The van der Waals surface area contributed by atoms with Crippen molar-refractivity contribution in [1.29, 1.82) is 0 Å². The molecule has 2 aromatic carbocycles. The first kappa shape index (κ1) is 23.6. The van der Waals surface area contributed by atoms with Gasteiger partial charge in [0.15, 0.2) is 5.13 Å². The van der Waals surface area contributed by atoms with E-state index in [1.165, 1.54) is 11.3 Å². The Kier molecular flexibility index (Phi) is 7.73. The maximum absolute atomic E-state index is 12.5. The molecule has 0 saturated heterocycles. The van der Waals surface area contributed by atoms with Gasteiger partial charge in [0.05, 0.1) is 17.0 Å². The zero-order chi connectivity index (χ0) is 23.1. The van der Waals surface area contributed by atoms with Gasteiger partial charge >= 0.3 is 0 Å². The Morgan fingerprint density at radius 3 is 2.53 bits per heavy atom. The molecule has 0 saturated carbocycles. The fraction of sp³-hybridized carbons (Fsp3) is 0.227. The molecule has 0 unspecified atom stereocenters. The summed E-state index contributed by atoms with van der Waals surface area (Å²) < 4.78 is 27.4. The van der Waals surface area contributed by atoms with Crippen LogP contribution in [0.3, 0.4) is 0 Å². The quantitative estimate of drug-likeness (QED) is 0.414. The van der Waals surface area contributed by atoms with Gasteiger partial charge in [-0.25, -0.2) is 18.1 Å². The van der Waals surface area contributed by atoms with Crippen molar-refractivity contribution in [2.75, 3.05) is 18.4 Å². The van der Waals surface area contributed by atoms with Gasteiger partial charge in [-0.15, -0.1) is 11.3 Å². The molecular weight excluding hydrogens is 448 g/mol. The van der Waals surface area contributed by atoms with Crippen LogP contribution in [0.2, 0.25) is 0 Å². The van der Waals surface area contributed by atoms with E-state index in [0.717, 1.165) is 5.56 Å². The van der Waals surface area contributed by atoms with Crippen LogP contribution in [-0.4, -0.2) is 38.3 Å². The molecule has 10 heteroatoms. The van der Waals surface area contributed by atoms with E-state index >= 15 is 0 Å². The molecule has 0 atom stereocenters. The van der Waals surface area contributed by atoms with Crippen molar-refractivity contribution in [1.82, 2.24) is 15.0 Å². The Morgan fingerprint density at radius 1 is 1.03 bits per heavy atom. The number of benzene rings is 2. The standard InChI is InChI=1S/C22H24N4O4S2/c1-15-8-9-16(2)19(12-15)32(29,30)24-11-10-23-20(27)13-18-14-31-22(25-18)26-21(28)17-6-4-3-5-7-17/h3-9,12,14,24H,10-11,13H2,1-2H3,(H,23,27)(H,25,26,28). The lowest BCUT2D eigenvalue weighted by atomic mass is 10.2. The van der Waals surface area contributed by atoms with Gasteiger partial charge in [0, 0.05) is 24.0 Å². The van der Waals surface area contributed by atoms with Gasteiger partial charge in [0.1, 0.15) is 0 Å².